The van der Waals surface area contributed by atoms with Crippen LogP contribution in [0.15, 0.2) is 58.7 Å². The lowest BCUT2D eigenvalue weighted by molar-refractivity contribution is -0.136. The number of hydrogen-bond donors (Lipinski definition) is 3. The van der Waals surface area contributed by atoms with E-state index in [9.17, 15) is 18.8 Å². The van der Waals surface area contributed by atoms with Crippen LogP contribution in [0, 0.1) is 0 Å². The minimum Gasteiger partial charge on any atom is -0.481 e. The fraction of sp³-hybridized carbons (Fsp3) is 0.467. The highest BCUT2D eigenvalue weighted by Crippen LogP contribution is 2.16. The Kier molecular flexibility index (Phi) is 19.0. The molecule has 0 aliphatic heterocycles. The van der Waals surface area contributed by atoms with Crippen LogP contribution >= 0.6 is 11.6 Å². The molecule has 3 N–H and O–H groups in total. The molecule has 2 aromatic rings. The lowest BCUT2D eigenvalue weighted by Crippen LogP contribution is -2.37. The standard InChI is InChI=1S/C26H32ClFN6O4.2C2H6/c1-5-16(3)20(10-8-7-9-11-23(35)36)32-25(38)22-13-21(33-26-30-15-31-34(22)26)24(37)29-14-18(6-2)12-19(27)17(4)28;2*1-2/h5,7,9,12-13,15,20H,6,8,10-11,14H2,1-4H3,(H,29,37)(H,32,38)(H,35,36);2*1-2H3/b9-7+,16-5+,18-12+,19-17-;;. The summed E-state index contributed by atoms with van der Waals surface area (Å²) in [6.45, 7) is 14.9. The van der Waals surface area contributed by atoms with Crippen molar-refractivity contribution in [3.63, 3.8) is 0 Å². The van der Waals surface area contributed by atoms with E-state index < -0.39 is 23.6 Å². The van der Waals surface area contributed by atoms with Crippen molar-refractivity contribution >= 4 is 35.2 Å². The van der Waals surface area contributed by atoms with E-state index >= 15 is 0 Å². The minimum atomic E-state index is -0.914. The van der Waals surface area contributed by atoms with Crippen LogP contribution in [-0.4, -0.2) is 55.1 Å². The Labute approximate surface area is 252 Å². The van der Waals surface area contributed by atoms with Crippen LogP contribution in [0.25, 0.3) is 5.78 Å². The van der Waals surface area contributed by atoms with E-state index in [-0.39, 0.29) is 41.2 Å². The smallest absolute Gasteiger partial charge is 0.307 e. The molecule has 1 unspecified atom stereocenters. The van der Waals surface area contributed by atoms with Gasteiger partial charge in [0.2, 0.25) is 0 Å². The van der Waals surface area contributed by atoms with E-state index in [1.54, 1.807) is 12.2 Å². The molecule has 0 bridgehead atoms. The Morgan fingerprint density at radius 1 is 1.14 bits per heavy atom. The summed E-state index contributed by atoms with van der Waals surface area (Å²) < 4.78 is 14.6. The summed E-state index contributed by atoms with van der Waals surface area (Å²) in [5.74, 6) is -2.40. The summed E-state index contributed by atoms with van der Waals surface area (Å²) in [6.07, 6.45) is 9.47. The molecule has 0 fully saturated rings. The summed E-state index contributed by atoms with van der Waals surface area (Å²) in [5.41, 5.74) is 1.65. The van der Waals surface area contributed by atoms with Gasteiger partial charge in [-0.1, -0.05) is 70.0 Å². The normalized spacial score (nSPS) is 12.9. The van der Waals surface area contributed by atoms with E-state index in [0.717, 1.165) is 5.57 Å². The Bertz CT molecular complexity index is 1300. The summed E-state index contributed by atoms with van der Waals surface area (Å²) in [5, 5.41) is 18.4. The van der Waals surface area contributed by atoms with Crippen LogP contribution in [0.3, 0.4) is 0 Å². The van der Waals surface area contributed by atoms with Crippen LogP contribution in [0.2, 0.25) is 0 Å². The van der Waals surface area contributed by atoms with Gasteiger partial charge in [0.05, 0.1) is 17.5 Å². The molecule has 0 saturated heterocycles. The number of carbonyl (C=O) groups is 3. The maximum Gasteiger partial charge on any atom is 0.307 e. The first kappa shape index (κ1) is 38.1. The summed E-state index contributed by atoms with van der Waals surface area (Å²) in [7, 11) is 0. The molecule has 0 saturated carbocycles. The van der Waals surface area contributed by atoms with Crippen molar-refractivity contribution in [1.82, 2.24) is 30.2 Å². The third kappa shape index (κ3) is 12.8. The fourth-order valence-electron chi connectivity index (χ4n) is 3.34. The van der Waals surface area contributed by atoms with Crippen LogP contribution in [0.1, 0.15) is 102 Å². The summed E-state index contributed by atoms with van der Waals surface area (Å²) in [6, 6.07) is 0.995. The second-order valence-electron chi connectivity index (χ2n) is 8.42. The van der Waals surface area contributed by atoms with Crippen molar-refractivity contribution < 1.29 is 23.9 Å². The highest BCUT2D eigenvalue weighted by molar-refractivity contribution is 6.31. The van der Waals surface area contributed by atoms with Gasteiger partial charge in [0.15, 0.2) is 0 Å². The number of carboxylic acids is 1. The van der Waals surface area contributed by atoms with Gasteiger partial charge in [0.1, 0.15) is 23.5 Å². The molecule has 0 aromatic carbocycles. The number of hydrogen-bond acceptors (Lipinski definition) is 6. The molecule has 2 rings (SSSR count). The topological polar surface area (TPSA) is 139 Å². The number of rotatable bonds is 13. The number of carboxylic acid groups (broad SMARTS) is 1. The SMILES string of the molecule is C/C=C(\C)C(CC/C=C/CC(=O)O)NC(=O)c1cc(C(=O)NC/C(=C/C(Cl)=C(\C)F)CC)nc2ncnn12.CC.CC. The molecule has 2 amide bonds. The predicted molar refractivity (Wildman–Crippen MR) is 165 cm³/mol. The second kappa shape index (κ2) is 20.9. The Morgan fingerprint density at radius 3 is 2.38 bits per heavy atom. The molecule has 0 aliphatic carbocycles. The summed E-state index contributed by atoms with van der Waals surface area (Å²) in [4.78, 5) is 45.1. The van der Waals surface area contributed by atoms with Gasteiger partial charge in [-0.3, -0.25) is 14.4 Å². The number of nitrogens with zero attached hydrogens (tertiary/aromatic N) is 4. The minimum absolute atomic E-state index is 0.0367. The lowest BCUT2D eigenvalue weighted by atomic mass is 10.0. The van der Waals surface area contributed by atoms with Crippen molar-refractivity contribution in [2.24, 2.45) is 0 Å². The first-order valence-electron chi connectivity index (χ1n) is 14.1. The average molecular weight is 607 g/mol. The van der Waals surface area contributed by atoms with E-state index in [1.165, 1.54) is 29.9 Å². The second-order valence-corrected chi connectivity index (χ2v) is 8.83. The molecular formula is C30H44ClFN6O4. The first-order valence-corrected chi connectivity index (χ1v) is 14.5. The lowest BCUT2D eigenvalue weighted by Gasteiger charge is -2.19. The summed E-state index contributed by atoms with van der Waals surface area (Å²) >= 11 is 5.87. The molecule has 10 nitrogen and oxygen atoms in total. The van der Waals surface area contributed by atoms with Gasteiger partial charge in [-0.2, -0.15) is 14.6 Å². The Hall–Kier alpha value is -3.86. The number of nitrogens with one attached hydrogen (secondary N) is 2. The van der Waals surface area contributed by atoms with E-state index in [0.29, 0.717) is 24.8 Å². The number of aromatic nitrogens is 4. The van der Waals surface area contributed by atoms with Crippen molar-refractivity contribution in [2.75, 3.05) is 6.54 Å². The molecule has 0 radical (unpaired) electrons. The van der Waals surface area contributed by atoms with Gasteiger partial charge in [-0.15, -0.1) is 0 Å². The molecule has 232 valence electrons. The highest BCUT2D eigenvalue weighted by atomic mass is 35.5. The number of carbonyl (C=O) groups excluding carboxylic acids is 2. The van der Waals surface area contributed by atoms with Gasteiger partial charge in [-0.25, -0.2) is 9.37 Å². The molecule has 12 heteroatoms. The largest absolute Gasteiger partial charge is 0.481 e. The third-order valence-electron chi connectivity index (χ3n) is 5.70. The maximum absolute atomic E-state index is 13.3. The number of amides is 2. The first-order chi connectivity index (χ1) is 20.1. The molecule has 0 aliphatic rings. The zero-order chi connectivity index (χ0) is 32.2. The zero-order valence-corrected chi connectivity index (χ0v) is 26.5. The average Bonchev–Trinajstić information content (AvgIpc) is 3.47. The van der Waals surface area contributed by atoms with E-state index in [1.807, 2.05) is 54.5 Å². The molecule has 42 heavy (non-hydrogen) atoms. The fourth-order valence-corrected chi connectivity index (χ4v) is 3.50. The van der Waals surface area contributed by atoms with Crippen molar-refractivity contribution in [1.29, 1.82) is 0 Å². The highest BCUT2D eigenvalue weighted by Gasteiger charge is 2.21. The van der Waals surface area contributed by atoms with Crippen LogP contribution in [-0.2, 0) is 4.79 Å². The number of fused-ring (bicyclic) bond motifs is 1. The van der Waals surface area contributed by atoms with Gasteiger partial charge in [0, 0.05) is 12.6 Å². The zero-order valence-electron chi connectivity index (χ0n) is 25.8. The molecule has 2 heterocycles. The Balaban J connectivity index is 0.00000402. The van der Waals surface area contributed by atoms with Crippen molar-refractivity contribution in [2.45, 2.75) is 87.1 Å². The van der Waals surface area contributed by atoms with E-state index in [4.69, 9.17) is 16.7 Å². The number of halogens is 2. The number of allylic oxidation sites excluding steroid dienone is 5. The maximum atomic E-state index is 13.3. The molecule has 1 atom stereocenters. The quantitative estimate of drug-likeness (QED) is 0.173. The van der Waals surface area contributed by atoms with Crippen molar-refractivity contribution in [3.05, 3.63) is 70.1 Å². The monoisotopic (exact) mass is 606 g/mol. The van der Waals surface area contributed by atoms with E-state index in [2.05, 4.69) is 25.7 Å². The molecular weight excluding hydrogens is 563 g/mol. The number of aliphatic carboxylic acids is 1. The molecule has 2 aromatic heterocycles. The van der Waals surface area contributed by atoms with Gasteiger partial charge < -0.3 is 15.7 Å². The third-order valence-corrected chi connectivity index (χ3v) is 6.07. The van der Waals surface area contributed by atoms with Gasteiger partial charge in [-0.05, 0) is 51.7 Å². The van der Waals surface area contributed by atoms with Crippen LogP contribution in [0.5, 0.6) is 0 Å². The van der Waals surface area contributed by atoms with Crippen LogP contribution in [0.4, 0.5) is 4.39 Å². The van der Waals surface area contributed by atoms with Gasteiger partial charge in [0.25, 0.3) is 17.6 Å². The van der Waals surface area contributed by atoms with Crippen LogP contribution < -0.4 is 10.6 Å². The van der Waals surface area contributed by atoms with Crippen molar-refractivity contribution in [3.8, 4) is 0 Å². The Morgan fingerprint density at radius 2 is 1.81 bits per heavy atom. The van der Waals surface area contributed by atoms with Gasteiger partial charge >= 0.3 is 5.97 Å². The predicted octanol–water partition coefficient (Wildman–Crippen LogP) is 6.56. The molecule has 0 spiro atoms.